The molecule has 0 saturated carbocycles. The van der Waals surface area contributed by atoms with Gasteiger partial charge in [0.1, 0.15) is 0 Å². The highest BCUT2D eigenvalue weighted by atomic mass is 32.1. The fourth-order valence-electron chi connectivity index (χ4n) is 1.86. The van der Waals surface area contributed by atoms with Crippen LogP contribution in [0.2, 0.25) is 0 Å². The third-order valence-electron chi connectivity index (χ3n) is 2.92. The van der Waals surface area contributed by atoms with Gasteiger partial charge < -0.3 is 0 Å². The fourth-order valence-corrected chi connectivity index (χ4v) is 3.43. The van der Waals surface area contributed by atoms with Gasteiger partial charge in [0, 0.05) is 9.75 Å². The zero-order chi connectivity index (χ0) is 12.8. The maximum absolute atomic E-state index is 2.35. The van der Waals surface area contributed by atoms with Gasteiger partial charge in [0.2, 0.25) is 0 Å². The maximum atomic E-state index is 2.35. The summed E-state index contributed by atoms with van der Waals surface area (Å²) in [5.41, 5.74) is 2.84. The number of hydrogen-bond donors (Lipinski definition) is 0. The van der Waals surface area contributed by atoms with Gasteiger partial charge in [0.25, 0.3) is 0 Å². The number of rotatable bonds is 5. The summed E-state index contributed by atoms with van der Waals surface area (Å²) in [7, 11) is 0. The van der Waals surface area contributed by atoms with E-state index in [2.05, 4.69) is 61.0 Å². The molecule has 2 aromatic heterocycles. The Bertz CT molecular complexity index is 513. The average molecular weight is 274 g/mol. The van der Waals surface area contributed by atoms with Crippen LogP contribution in [0.4, 0.5) is 0 Å². The third-order valence-corrected chi connectivity index (χ3v) is 4.87. The molecule has 0 aromatic carbocycles. The summed E-state index contributed by atoms with van der Waals surface area (Å²) in [6.07, 6.45) is 6.79. The Kier molecular flexibility index (Phi) is 4.97. The smallest absolute Gasteiger partial charge is 0.0299 e. The highest BCUT2D eigenvalue weighted by molar-refractivity contribution is 7.11. The third kappa shape index (κ3) is 3.44. The van der Waals surface area contributed by atoms with Crippen LogP contribution in [-0.4, -0.2) is 0 Å². The van der Waals surface area contributed by atoms with Crippen molar-refractivity contribution in [3.05, 3.63) is 56.9 Å². The van der Waals surface area contributed by atoms with E-state index in [0.29, 0.717) is 0 Å². The van der Waals surface area contributed by atoms with Crippen molar-refractivity contribution < 1.29 is 0 Å². The van der Waals surface area contributed by atoms with Gasteiger partial charge in [-0.05, 0) is 53.8 Å². The first-order chi connectivity index (χ1) is 8.81. The predicted octanol–water partition coefficient (Wildman–Crippen LogP) is 6.10. The van der Waals surface area contributed by atoms with Crippen LogP contribution in [0.3, 0.4) is 0 Å². The summed E-state index contributed by atoms with van der Waals surface area (Å²) < 4.78 is 0. The highest BCUT2D eigenvalue weighted by Gasteiger charge is 1.99. The van der Waals surface area contributed by atoms with E-state index in [-0.39, 0.29) is 0 Å². The van der Waals surface area contributed by atoms with Crippen LogP contribution >= 0.6 is 22.7 Å². The van der Waals surface area contributed by atoms with Crippen LogP contribution in [0, 0.1) is 0 Å². The van der Waals surface area contributed by atoms with E-state index < -0.39 is 0 Å². The van der Waals surface area contributed by atoms with Gasteiger partial charge in [-0.3, -0.25) is 0 Å². The van der Waals surface area contributed by atoms with Crippen molar-refractivity contribution in [2.45, 2.75) is 26.7 Å². The Hall–Kier alpha value is -1.12. The van der Waals surface area contributed by atoms with Crippen LogP contribution in [0.5, 0.6) is 0 Å². The second-order valence-electron chi connectivity index (χ2n) is 4.16. The summed E-state index contributed by atoms with van der Waals surface area (Å²) in [6.45, 7) is 4.41. The Balaban J connectivity index is 2.04. The molecular formula is C16H18S2. The van der Waals surface area contributed by atoms with Crippen LogP contribution in [0.25, 0.3) is 11.1 Å². The van der Waals surface area contributed by atoms with Crippen LogP contribution in [0.1, 0.15) is 36.4 Å². The van der Waals surface area contributed by atoms with Crippen molar-refractivity contribution in [3.8, 4) is 0 Å². The molecule has 0 amide bonds. The summed E-state index contributed by atoms with van der Waals surface area (Å²) in [4.78, 5) is 2.78. The lowest BCUT2D eigenvalue weighted by Gasteiger charge is -2.00. The minimum Gasteiger partial charge on any atom is -0.144 e. The lowest BCUT2D eigenvalue weighted by atomic mass is 10.1. The monoisotopic (exact) mass is 274 g/mol. The molecule has 0 spiro atoms. The molecule has 0 aliphatic carbocycles. The molecule has 2 heterocycles. The van der Waals surface area contributed by atoms with E-state index >= 15 is 0 Å². The molecule has 0 aliphatic heterocycles. The molecule has 0 unspecified atom stereocenters. The van der Waals surface area contributed by atoms with Crippen molar-refractivity contribution in [3.63, 3.8) is 0 Å². The molecule has 0 fully saturated rings. The molecule has 0 atom stereocenters. The van der Waals surface area contributed by atoms with Gasteiger partial charge in [0.15, 0.2) is 0 Å². The van der Waals surface area contributed by atoms with E-state index in [1.165, 1.54) is 20.9 Å². The van der Waals surface area contributed by atoms with Gasteiger partial charge in [-0.2, -0.15) is 0 Å². The topological polar surface area (TPSA) is 0 Å². The average Bonchev–Trinajstić information content (AvgIpc) is 3.05. The van der Waals surface area contributed by atoms with Gasteiger partial charge >= 0.3 is 0 Å². The number of allylic oxidation sites excluding steroid dienone is 4. The summed E-state index contributed by atoms with van der Waals surface area (Å²) >= 11 is 3.63. The molecule has 0 saturated heterocycles. The second-order valence-corrected chi connectivity index (χ2v) is 6.06. The molecule has 0 bridgehead atoms. The van der Waals surface area contributed by atoms with E-state index in [4.69, 9.17) is 0 Å². The Labute approximate surface area is 117 Å². The quantitative estimate of drug-likeness (QED) is 0.618. The van der Waals surface area contributed by atoms with Crippen molar-refractivity contribution in [1.29, 1.82) is 0 Å². The largest absolute Gasteiger partial charge is 0.144 e. The molecule has 2 aromatic rings. The molecule has 0 radical (unpaired) electrons. The van der Waals surface area contributed by atoms with E-state index in [1.807, 2.05) is 11.3 Å². The molecule has 0 aliphatic rings. The first-order valence-corrected chi connectivity index (χ1v) is 8.00. The molecular weight excluding hydrogens is 256 g/mol. The maximum Gasteiger partial charge on any atom is 0.0299 e. The Morgan fingerprint density at radius 3 is 2.28 bits per heavy atom. The zero-order valence-corrected chi connectivity index (χ0v) is 12.5. The van der Waals surface area contributed by atoms with E-state index in [1.54, 1.807) is 11.3 Å². The summed E-state index contributed by atoms with van der Waals surface area (Å²) in [6, 6.07) is 8.61. The molecule has 2 heteroatoms. The van der Waals surface area contributed by atoms with Gasteiger partial charge in [0.05, 0.1) is 0 Å². The summed E-state index contributed by atoms with van der Waals surface area (Å²) in [5, 5.41) is 4.28. The lowest BCUT2D eigenvalue weighted by Crippen LogP contribution is -1.77. The first-order valence-electron chi connectivity index (χ1n) is 6.24. The molecule has 94 valence electrons. The van der Waals surface area contributed by atoms with Gasteiger partial charge in [-0.1, -0.05) is 31.2 Å². The van der Waals surface area contributed by atoms with Gasteiger partial charge in [-0.15, -0.1) is 22.7 Å². The normalized spacial score (nSPS) is 13.0. The molecule has 0 nitrogen and oxygen atoms in total. The highest BCUT2D eigenvalue weighted by Crippen LogP contribution is 2.24. The summed E-state index contributed by atoms with van der Waals surface area (Å²) in [5.74, 6) is 0. The van der Waals surface area contributed by atoms with Crippen LogP contribution in [-0.2, 0) is 0 Å². The first kappa shape index (κ1) is 13.3. The molecule has 0 N–H and O–H groups in total. The SMILES string of the molecule is CC/C(=C/C/C=C(/C)c1cccs1)c1cccs1. The minimum atomic E-state index is 1.02. The van der Waals surface area contributed by atoms with E-state index in [0.717, 1.165) is 12.8 Å². The van der Waals surface area contributed by atoms with Crippen molar-refractivity contribution in [1.82, 2.24) is 0 Å². The standard InChI is InChI=1S/C16H18S2/c1-3-14(16-10-6-12-18-16)8-4-7-13(2)15-9-5-11-17-15/h5-12H,3-4H2,1-2H3/b13-7-,14-8-. The fraction of sp³-hybridized carbons (Fsp3) is 0.250. The zero-order valence-electron chi connectivity index (χ0n) is 10.8. The van der Waals surface area contributed by atoms with Crippen molar-refractivity contribution in [2.75, 3.05) is 0 Å². The molecule has 18 heavy (non-hydrogen) atoms. The Morgan fingerprint density at radius 2 is 1.72 bits per heavy atom. The predicted molar refractivity (Wildman–Crippen MR) is 85.2 cm³/mol. The number of thiophene rings is 2. The van der Waals surface area contributed by atoms with E-state index in [9.17, 15) is 0 Å². The molecule has 2 rings (SSSR count). The van der Waals surface area contributed by atoms with Crippen molar-refractivity contribution in [2.24, 2.45) is 0 Å². The van der Waals surface area contributed by atoms with Crippen LogP contribution in [0.15, 0.2) is 47.2 Å². The van der Waals surface area contributed by atoms with Crippen molar-refractivity contribution >= 4 is 33.8 Å². The Morgan fingerprint density at radius 1 is 1.06 bits per heavy atom. The van der Waals surface area contributed by atoms with Crippen LogP contribution < -0.4 is 0 Å². The number of hydrogen-bond acceptors (Lipinski definition) is 2. The second kappa shape index (κ2) is 6.72. The van der Waals surface area contributed by atoms with Gasteiger partial charge in [-0.25, -0.2) is 0 Å². The lowest BCUT2D eigenvalue weighted by molar-refractivity contribution is 1.23. The minimum absolute atomic E-state index is 1.02.